The molecule has 2 heterocycles. The Bertz CT molecular complexity index is 1100. The highest BCUT2D eigenvalue weighted by atomic mass is 19.1. The van der Waals surface area contributed by atoms with Crippen molar-refractivity contribution in [1.29, 1.82) is 0 Å². The number of hydrogen-bond acceptors (Lipinski definition) is 4. The first kappa shape index (κ1) is 15.9. The minimum atomic E-state index is -0.552. The van der Waals surface area contributed by atoms with E-state index < -0.39 is 11.7 Å². The first-order chi connectivity index (χ1) is 12.6. The average molecular weight is 347 g/mol. The average Bonchev–Trinajstić information content (AvgIpc) is 3.03. The number of aromatic nitrogens is 4. The Balaban J connectivity index is 1.57. The standard InChI is InChI=1S/C19H14FN5O/c1-12-22-23-18-11-10-17(24-25(12)18)13-6-8-14(9-7-13)21-19(26)15-4-2-3-5-16(15)20/h2-11H,1H3,(H,21,26). The van der Waals surface area contributed by atoms with Crippen molar-refractivity contribution in [3.63, 3.8) is 0 Å². The topological polar surface area (TPSA) is 72.2 Å². The predicted molar refractivity (Wildman–Crippen MR) is 95.3 cm³/mol. The number of hydrogen-bond donors (Lipinski definition) is 1. The molecule has 0 saturated carbocycles. The zero-order valence-electron chi connectivity index (χ0n) is 13.8. The number of aryl methyl sites for hydroxylation is 1. The van der Waals surface area contributed by atoms with E-state index in [4.69, 9.17) is 0 Å². The fraction of sp³-hybridized carbons (Fsp3) is 0.0526. The molecule has 4 aromatic rings. The number of nitrogens with zero attached hydrogens (tertiary/aromatic N) is 4. The molecule has 26 heavy (non-hydrogen) atoms. The molecule has 6 nitrogen and oxygen atoms in total. The summed E-state index contributed by atoms with van der Waals surface area (Å²) in [6.07, 6.45) is 0. The van der Waals surface area contributed by atoms with Crippen molar-refractivity contribution in [3.8, 4) is 11.3 Å². The van der Waals surface area contributed by atoms with Gasteiger partial charge in [-0.1, -0.05) is 24.3 Å². The molecule has 0 bridgehead atoms. The molecule has 2 aromatic carbocycles. The van der Waals surface area contributed by atoms with Crippen LogP contribution in [0.25, 0.3) is 16.9 Å². The summed E-state index contributed by atoms with van der Waals surface area (Å²) < 4.78 is 15.4. The van der Waals surface area contributed by atoms with Gasteiger partial charge in [0.2, 0.25) is 0 Å². The predicted octanol–water partition coefficient (Wildman–Crippen LogP) is 3.49. The molecule has 1 amide bonds. The van der Waals surface area contributed by atoms with Crippen LogP contribution in [0.1, 0.15) is 16.2 Å². The fourth-order valence-electron chi connectivity index (χ4n) is 2.62. The van der Waals surface area contributed by atoms with Crippen molar-refractivity contribution in [2.45, 2.75) is 6.92 Å². The van der Waals surface area contributed by atoms with Gasteiger partial charge in [-0.25, -0.2) is 4.39 Å². The molecule has 0 atom stereocenters. The SMILES string of the molecule is Cc1nnc2ccc(-c3ccc(NC(=O)c4ccccc4F)cc3)nn12. The van der Waals surface area contributed by atoms with Crippen LogP contribution in [0.4, 0.5) is 10.1 Å². The summed E-state index contributed by atoms with van der Waals surface area (Å²) in [5, 5.41) is 15.2. The van der Waals surface area contributed by atoms with Crippen molar-refractivity contribution in [2.75, 3.05) is 5.32 Å². The summed E-state index contributed by atoms with van der Waals surface area (Å²) in [5.41, 5.74) is 2.90. The third-order valence-electron chi connectivity index (χ3n) is 3.98. The van der Waals surface area contributed by atoms with Crippen LogP contribution in [-0.2, 0) is 0 Å². The van der Waals surface area contributed by atoms with Gasteiger partial charge < -0.3 is 5.32 Å². The first-order valence-electron chi connectivity index (χ1n) is 7.97. The van der Waals surface area contributed by atoms with Crippen LogP contribution in [0, 0.1) is 12.7 Å². The maximum Gasteiger partial charge on any atom is 0.258 e. The number of fused-ring (bicyclic) bond motifs is 1. The van der Waals surface area contributed by atoms with Gasteiger partial charge in [0.15, 0.2) is 11.5 Å². The van der Waals surface area contributed by atoms with E-state index in [9.17, 15) is 9.18 Å². The Morgan fingerprint density at radius 3 is 2.54 bits per heavy atom. The zero-order valence-corrected chi connectivity index (χ0v) is 13.8. The Morgan fingerprint density at radius 1 is 1.00 bits per heavy atom. The van der Waals surface area contributed by atoms with Gasteiger partial charge in [0.25, 0.3) is 5.91 Å². The van der Waals surface area contributed by atoms with Crippen LogP contribution < -0.4 is 5.32 Å². The number of rotatable bonds is 3. The molecule has 128 valence electrons. The second-order valence-electron chi connectivity index (χ2n) is 5.75. The Morgan fingerprint density at radius 2 is 1.77 bits per heavy atom. The van der Waals surface area contributed by atoms with Crippen LogP contribution in [0.2, 0.25) is 0 Å². The van der Waals surface area contributed by atoms with E-state index in [1.165, 1.54) is 12.1 Å². The fourth-order valence-corrected chi connectivity index (χ4v) is 2.62. The van der Waals surface area contributed by atoms with Crippen LogP contribution in [0.3, 0.4) is 0 Å². The van der Waals surface area contributed by atoms with Gasteiger partial charge in [-0.05, 0) is 43.3 Å². The molecular formula is C19H14FN5O. The lowest BCUT2D eigenvalue weighted by Crippen LogP contribution is -2.13. The van der Waals surface area contributed by atoms with Crippen molar-refractivity contribution in [1.82, 2.24) is 19.8 Å². The summed E-state index contributed by atoms with van der Waals surface area (Å²) in [6, 6.07) is 16.7. The van der Waals surface area contributed by atoms with E-state index in [0.717, 1.165) is 11.3 Å². The van der Waals surface area contributed by atoms with E-state index in [-0.39, 0.29) is 5.56 Å². The number of carbonyl (C=O) groups is 1. The van der Waals surface area contributed by atoms with Crippen molar-refractivity contribution < 1.29 is 9.18 Å². The monoisotopic (exact) mass is 347 g/mol. The Labute approximate surface area is 148 Å². The first-order valence-corrected chi connectivity index (χ1v) is 7.97. The molecule has 0 aliphatic carbocycles. The maximum atomic E-state index is 13.7. The van der Waals surface area contributed by atoms with E-state index in [1.807, 2.05) is 31.2 Å². The van der Waals surface area contributed by atoms with Gasteiger partial charge in [-0.15, -0.1) is 10.2 Å². The summed E-state index contributed by atoms with van der Waals surface area (Å²) in [7, 11) is 0. The highest BCUT2D eigenvalue weighted by molar-refractivity contribution is 6.04. The molecule has 0 aliphatic heterocycles. The van der Waals surface area contributed by atoms with Gasteiger partial charge in [-0.3, -0.25) is 4.79 Å². The molecular weight excluding hydrogens is 333 g/mol. The molecule has 0 aliphatic rings. The molecule has 0 unspecified atom stereocenters. The third-order valence-corrected chi connectivity index (χ3v) is 3.98. The second-order valence-corrected chi connectivity index (χ2v) is 5.75. The third kappa shape index (κ3) is 2.90. The molecule has 0 saturated heterocycles. The molecule has 2 aromatic heterocycles. The molecule has 0 spiro atoms. The maximum absolute atomic E-state index is 13.7. The second kappa shape index (κ2) is 6.36. The molecule has 0 fully saturated rings. The Hall–Kier alpha value is -3.61. The smallest absolute Gasteiger partial charge is 0.258 e. The van der Waals surface area contributed by atoms with Gasteiger partial charge in [0.1, 0.15) is 5.82 Å². The highest BCUT2D eigenvalue weighted by Crippen LogP contribution is 2.20. The van der Waals surface area contributed by atoms with E-state index in [2.05, 4.69) is 20.6 Å². The molecule has 0 radical (unpaired) electrons. The highest BCUT2D eigenvalue weighted by Gasteiger charge is 2.11. The number of carbonyl (C=O) groups excluding carboxylic acids is 1. The minimum Gasteiger partial charge on any atom is -0.322 e. The summed E-state index contributed by atoms with van der Waals surface area (Å²) in [4.78, 5) is 12.2. The van der Waals surface area contributed by atoms with Gasteiger partial charge >= 0.3 is 0 Å². The van der Waals surface area contributed by atoms with Gasteiger partial charge in [0, 0.05) is 11.3 Å². The van der Waals surface area contributed by atoms with E-state index in [1.54, 1.807) is 28.8 Å². The lowest BCUT2D eigenvalue weighted by molar-refractivity contribution is 0.102. The molecule has 7 heteroatoms. The quantitative estimate of drug-likeness (QED) is 0.616. The van der Waals surface area contributed by atoms with Crippen molar-refractivity contribution >= 4 is 17.2 Å². The number of halogens is 1. The van der Waals surface area contributed by atoms with Crippen LogP contribution in [0.5, 0.6) is 0 Å². The van der Waals surface area contributed by atoms with Crippen molar-refractivity contribution in [3.05, 3.63) is 77.9 Å². The number of benzene rings is 2. The van der Waals surface area contributed by atoms with Gasteiger partial charge in [0.05, 0.1) is 11.3 Å². The summed E-state index contributed by atoms with van der Waals surface area (Å²) in [5.74, 6) is -0.338. The van der Waals surface area contributed by atoms with Gasteiger partial charge in [-0.2, -0.15) is 9.61 Å². The van der Waals surface area contributed by atoms with E-state index >= 15 is 0 Å². The lowest BCUT2D eigenvalue weighted by Gasteiger charge is -2.07. The Kier molecular flexibility index (Phi) is 3.89. The lowest BCUT2D eigenvalue weighted by atomic mass is 10.1. The van der Waals surface area contributed by atoms with E-state index in [0.29, 0.717) is 17.2 Å². The zero-order chi connectivity index (χ0) is 18.1. The molecule has 1 N–H and O–H groups in total. The van der Waals surface area contributed by atoms with Crippen LogP contribution in [-0.4, -0.2) is 25.7 Å². The normalized spacial score (nSPS) is 10.8. The number of amides is 1. The number of nitrogens with one attached hydrogen (secondary N) is 1. The van der Waals surface area contributed by atoms with Crippen molar-refractivity contribution in [2.24, 2.45) is 0 Å². The number of anilines is 1. The largest absolute Gasteiger partial charge is 0.322 e. The summed E-state index contributed by atoms with van der Waals surface area (Å²) >= 11 is 0. The minimum absolute atomic E-state index is 0.00628. The van der Waals surface area contributed by atoms with Crippen LogP contribution in [0.15, 0.2) is 60.7 Å². The molecule has 4 rings (SSSR count). The van der Waals surface area contributed by atoms with Crippen LogP contribution >= 0.6 is 0 Å². The summed E-state index contributed by atoms with van der Waals surface area (Å²) in [6.45, 7) is 1.83.